The van der Waals surface area contributed by atoms with Gasteiger partial charge in [-0.3, -0.25) is 25.8 Å². The minimum atomic E-state index is -0.621. The SMILES string of the molecule is Cc1ccccc1C(=O)NNc1ncnc(NCc2ccc3c(c2)OCO3)c1[N+](=O)[O-]. The van der Waals surface area contributed by atoms with E-state index in [1.54, 1.807) is 37.3 Å². The minimum absolute atomic E-state index is 0.00491. The molecule has 0 unspecified atom stereocenters. The zero-order valence-corrected chi connectivity index (χ0v) is 16.4. The van der Waals surface area contributed by atoms with Crippen LogP contribution in [0, 0.1) is 17.0 Å². The number of carbonyl (C=O) groups is 1. The molecule has 11 nitrogen and oxygen atoms in total. The van der Waals surface area contributed by atoms with Crippen LogP contribution in [-0.4, -0.2) is 27.6 Å². The highest BCUT2D eigenvalue weighted by Crippen LogP contribution is 2.33. The van der Waals surface area contributed by atoms with Crippen LogP contribution in [0.2, 0.25) is 0 Å². The standard InChI is InChI=1S/C20H18N6O5/c1-12-4-2-3-5-14(12)20(27)25-24-19-17(26(28)29)18(22-10-23-19)21-9-13-6-7-15-16(8-13)31-11-30-15/h2-8,10H,9,11H2,1H3,(H,25,27)(H2,21,22,23,24). The first-order chi connectivity index (χ1) is 15.0. The normalized spacial score (nSPS) is 11.6. The number of nitro groups is 1. The highest BCUT2D eigenvalue weighted by molar-refractivity contribution is 5.96. The smallest absolute Gasteiger partial charge is 0.354 e. The van der Waals surface area contributed by atoms with E-state index in [0.717, 1.165) is 17.5 Å². The van der Waals surface area contributed by atoms with Crippen molar-refractivity contribution in [3.8, 4) is 11.5 Å². The summed E-state index contributed by atoms with van der Waals surface area (Å²) in [5.74, 6) is 0.673. The fraction of sp³-hybridized carbons (Fsp3) is 0.150. The Balaban J connectivity index is 1.49. The lowest BCUT2D eigenvalue weighted by Crippen LogP contribution is -2.30. The number of hydrogen-bond donors (Lipinski definition) is 3. The number of hydrazine groups is 1. The number of nitrogens with one attached hydrogen (secondary N) is 3. The van der Waals surface area contributed by atoms with Gasteiger partial charge in [-0.15, -0.1) is 0 Å². The van der Waals surface area contributed by atoms with Crippen LogP contribution in [0.15, 0.2) is 48.8 Å². The van der Waals surface area contributed by atoms with E-state index in [9.17, 15) is 14.9 Å². The molecule has 3 N–H and O–H groups in total. The molecule has 1 amide bonds. The third-order valence-electron chi connectivity index (χ3n) is 4.59. The largest absolute Gasteiger partial charge is 0.454 e. The van der Waals surface area contributed by atoms with Crippen LogP contribution in [0.25, 0.3) is 0 Å². The van der Waals surface area contributed by atoms with Gasteiger partial charge in [0.1, 0.15) is 6.33 Å². The molecule has 0 aliphatic carbocycles. The zero-order chi connectivity index (χ0) is 21.8. The molecule has 0 fully saturated rings. The molecule has 31 heavy (non-hydrogen) atoms. The quantitative estimate of drug-likeness (QED) is 0.387. The van der Waals surface area contributed by atoms with E-state index < -0.39 is 16.5 Å². The molecular formula is C20H18N6O5. The third-order valence-corrected chi connectivity index (χ3v) is 4.59. The second-order valence-corrected chi connectivity index (χ2v) is 6.61. The Morgan fingerprint density at radius 2 is 1.90 bits per heavy atom. The molecule has 2 aromatic carbocycles. The Hall–Kier alpha value is -4.41. The number of nitrogens with zero attached hydrogens (tertiary/aromatic N) is 3. The molecule has 4 rings (SSSR count). The van der Waals surface area contributed by atoms with Crippen molar-refractivity contribution in [3.63, 3.8) is 0 Å². The van der Waals surface area contributed by atoms with Crippen molar-refractivity contribution < 1.29 is 19.2 Å². The van der Waals surface area contributed by atoms with Crippen LogP contribution in [0.4, 0.5) is 17.3 Å². The molecule has 1 aliphatic heterocycles. The topological polar surface area (TPSA) is 141 Å². The second kappa shape index (κ2) is 8.53. The van der Waals surface area contributed by atoms with Crippen LogP contribution in [0.3, 0.4) is 0 Å². The van der Waals surface area contributed by atoms with Crippen molar-refractivity contribution >= 4 is 23.2 Å². The van der Waals surface area contributed by atoms with Crippen molar-refractivity contribution in [2.75, 3.05) is 17.5 Å². The minimum Gasteiger partial charge on any atom is -0.454 e. The van der Waals surface area contributed by atoms with Gasteiger partial charge in [-0.2, -0.15) is 0 Å². The molecule has 2 heterocycles. The van der Waals surface area contributed by atoms with E-state index in [0.29, 0.717) is 17.1 Å². The molecule has 0 spiro atoms. The van der Waals surface area contributed by atoms with E-state index in [2.05, 4.69) is 26.1 Å². The van der Waals surface area contributed by atoms with Crippen molar-refractivity contribution in [1.82, 2.24) is 15.4 Å². The third kappa shape index (κ3) is 4.29. The van der Waals surface area contributed by atoms with Crippen LogP contribution >= 0.6 is 0 Å². The van der Waals surface area contributed by atoms with Gasteiger partial charge in [0.2, 0.25) is 18.4 Å². The monoisotopic (exact) mass is 422 g/mol. The molecule has 0 radical (unpaired) electrons. The van der Waals surface area contributed by atoms with Crippen LogP contribution in [0.1, 0.15) is 21.5 Å². The molecule has 158 valence electrons. The Kier molecular flexibility index (Phi) is 5.47. The number of carbonyl (C=O) groups excluding carboxylic acids is 1. The van der Waals surface area contributed by atoms with Gasteiger partial charge in [0, 0.05) is 12.1 Å². The fourth-order valence-electron chi connectivity index (χ4n) is 3.02. The first-order valence-electron chi connectivity index (χ1n) is 9.26. The molecule has 1 aliphatic rings. The summed E-state index contributed by atoms with van der Waals surface area (Å²) in [6.45, 7) is 2.20. The first kappa shape index (κ1) is 19.9. The summed E-state index contributed by atoms with van der Waals surface area (Å²) < 4.78 is 10.6. The van der Waals surface area contributed by atoms with Crippen LogP contribution in [-0.2, 0) is 6.54 Å². The lowest BCUT2D eigenvalue weighted by molar-refractivity contribution is -0.383. The maximum atomic E-state index is 12.4. The van der Waals surface area contributed by atoms with Gasteiger partial charge < -0.3 is 14.8 Å². The number of aryl methyl sites for hydroxylation is 1. The molecule has 0 atom stereocenters. The summed E-state index contributed by atoms with van der Waals surface area (Å²) in [6, 6.07) is 12.3. The summed E-state index contributed by atoms with van der Waals surface area (Å²) in [5.41, 5.74) is 6.59. The van der Waals surface area contributed by atoms with E-state index >= 15 is 0 Å². The van der Waals surface area contributed by atoms with Crippen LogP contribution in [0.5, 0.6) is 11.5 Å². The lowest BCUT2D eigenvalue weighted by atomic mass is 10.1. The van der Waals surface area contributed by atoms with Gasteiger partial charge >= 0.3 is 5.69 Å². The molecule has 0 saturated heterocycles. The molecule has 0 bridgehead atoms. The fourth-order valence-corrected chi connectivity index (χ4v) is 3.02. The van der Waals surface area contributed by atoms with Crippen molar-refractivity contribution in [2.24, 2.45) is 0 Å². The number of anilines is 2. The maximum Gasteiger partial charge on any atom is 0.354 e. The first-order valence-corrected chi connectivity index (χ1v) is 9.26. The van der Waals surface area contributed by atoms with Gasteiger partial charge in [0.05, 0.1) is 4.92 Å². The molecule has 1 aromatic heterocycles. The number of hydrogen-bond acceptors (Lipinski definition) is 9. The van der Waals surface area contributed by atoms with Gasteiger partial charge in [-0.25, -0.2) is 9.97 Å². The number of fused-ring (bicyclic) bond motifs is 1. The summed E-state index contributed by atoms with van der Waals surface area (Å²) >= 11 is 0. The highest BCUT2D eigenvalue weighted by atomic mass is 16.7. The Morgan fingerprint density at radius 3 is 2.71 bits per heavy atom. The number of rotatable bonds is 7. The van der Waals surface area contributed by atoms with Gasteiger partial charge in [-0.05, 0) is 36.2 Å². The number of amides is 1. The van der Waals surface area contributed by atoms with Gasteiger partial charge in [-0.1, -0.05) is 24.3 Å². The van der Waals surface area contributed by atoms with E-state index in [1.165, 1.54) is 0 Å². The molecule has 3 aromatic rings. The Morgan fingerprint density at radius 1 is 1.13 bits per heavy atom. The van der Waals surface area contributed by atoms with Gasteiger partial charge in [0.15, 0.2) is 11.5 Å². The highest BCUT2D eigenvalue weighted by Gasteiger charge is 2.24. The average Bonchev–Trinajstić information content (AvgIpc) is 3.24. The average molecular weight is 422 g/mol. The van der Waals surface area contributed by atoms with E-state index in [1.807, 2.05) is 12.1 Å². The Bertz CT molecular complexity index is 1150. The predicted molar refractivity (Wildman–Crippen MR) is 111 cm³/mol. The van der Waals surface area contributed by atoms with Crippen molar-refractivity contribution in [3.05, 3.63) is 75.6 Å². The summed E-state index contributed by atoms with van der Waals surface area (Å²) in [4.78, 5) is 31.3. The summed E-state index contributed by atoms with van der Waals surface area (Å²) in [7, 11) is 0. The Labute approximate surface area is 176 Å². The van der Waals surface area contributed by atoms with Crippen molar-refractivity contribution in [1.29, 1.82) is 0 Å². The number of benzene rings is 2. The molecule has 0 saturated carbocycles. The maximum absolute atomic E-state index is 12.4. The molecular weight excluding hydrogens is 404 g/mol. The van der Waals surface area contributed by atoms with Gasteiger partial charge in [0.25, 0.3) is 5.91 Å². The molecule has 11 heteroatoms. The zero-order valence-electron chi connectivity index (χ0n) is 16.4. The predicted octanol–water partition coefficient (Wildman–Crippen LogP) is 2.79. The second-order valence-electron chi connectivity index (χ2n) is 6.61. The summed E-state index contributed by atoms with van der Waals surface area (Å²) in [6.07, 6.45) is 1.16. The number of aromatic nitrogens is 2. The van der Waals surface area contributed by atoms with Crippen LogP contribution < -0.4 is 25.6 Å². The number of ether oxygens (including phenoxy) is 2. The van der Waals surface area contributed by atoms with Crippen molar-refractivity contribution in [2.45, 2.75) is 13.5 Å². The summed E-state index contributed by atoms with van der Waals surface area (Å²) in [5, 5.41) is 14.6. The van der Waals surface area contributed by atoms with E-state index in [4.69, 9.17) is 9.47 Å². The van der Waals surface area contributed by atoms with E-state index in [-0.39, 0.29) is 25.0 Å². The lowest BCUT2D eigenvalue weighted by Gasteiger charge is -2.12.